The lowest BCUT2D eigenvalue weighted by Gasteiger charge is -2.32. The molecule has 4 heterocycles. The van der Waals surface area contributed by atoms with Gasteiger partial charge in [-0.25, -0.2) is 15.0 Å². The lowest BCUT2D eigenvalue weighted by molar-refractivity contribution is 0.102. The number of aliphatic imine (C=N–C) groups is 1. The van der Waals surface area contributed by atoms with Crippen LogP contribution in [0.15, 0.2) is 59.7 Å². The van der Waals surface area contributed by atoms with Crippen LogP contribution in [0, 0.1) is 11.3 Å². The Morgan fingerprint density at radius 3 is 2.55 bits per heavy atom. The molecule has 3 aliphatic rings. The van der Waals surface area contributed by atoms with E-state index in [2.05, 4.69) is 41.6 Å². The Morgan fingerprint density at radius 2 is 1.77 bits per heavy atom. The number of likely N-dealkylation sites (tertiary alicyclic amines) is 1. The first kappa shape index (κ1) is 25.9. The third-order valence-electron chi connectivity index (χ3n) is 7.60. The van der Waals surface area contributed by atoms with Gasteiger partial charge in [-0.2, -0.15) is 5.26 Å². The molecule has 1 aromatic heterocycles. The molecule has 3 aromatic rings. The minimum Gasteiger partial charge on any atom is -0.393 e. The van der Waals surface area contributed by atoms with E-state index in [1.165, 1.54) is 0 Å². The summed E-state index contributed by atoms with van der Waals surface area (Å²) in [6, 6.07) is 17.9. The minimum atomic E-state index is -0.304. The molecule has 2 saturated heterocycles. The summed E-state index contributed by atoms with van der Waals surface area (Å²) in [5.41, 5.74) is 8.22. The third kappa shape index (κ3) is 5.64. The Bertz CT molecular complexity index is 1410. The molecule has 0 amide bonds. The Balaban J connectivity index is 1.11. The molecule has 11 heteroatoms. The van der Waals surface area contributed by atoms with Crippen molar-refractivity contribution in [1.29, 1.82) is 5.26 Å². The number of hydrogen-bond donors (Lipinski definition) is 4. The maximum Gasteiger partial charge on any atom is 0.227 e. The van der Waals surface area contributed by atoms with Crippen LogP contribution in [0.1, 0.15) is 31.2 Å². The number of benzene rings is 2. The van der Waals surface area contributed by atoms with Crippen molar-refractivity contribution in [2.45, 2.75) is 37.9 Å². The fourth-order valence-corrected chi connectivity index (χ4v) is 5.39. The molecule has 40 heavy (non-hydrogen) atoms. The summed E-state index contributed by atoms with van der Waals surface area (Å²) in [4.78, 5) is 17.9. The topological polar surface area (TPSA) is 136 Å². The first-order chi connectivity index (χ1) is 19.6. The smallest absolute Gasteiger partial charge is 0.227 e. The molecule has 11 nitrogen and oxygen atoms in total. The zero-order chi connectivity index (χ0) is 27.5. The molecular weight excluding hydrogens is 506 g/mol. The van der Waals surface area contributed by atoms with Crippen molar-refractivity contribution in [2.24, 2.45) is 4.99 Å². The van der Waals surface area contributed by atoms with Crippen molar-refractivity contribution in [3.05, 3.63) is 60.3 Å². The molecule has 4 N–H and O–H groups in total. The summed E-state index contributed by atoms with van der Waals surface area (Å²) >= 11 is 0. The number of nitrogens with zero attached hydrogens (tertiary/aromatic N) is 7. The lowest BCUT2D eigenvalue weighted by atomic mass is 10.0. The van der Waals surface area contributed by atoms with Crippen molar-refractivity contribution in [3.63, 3.8) is 0 Å². The van der Waals surface area contributed by atoms with E-state index in [-0.39, 0.29) is 12.2 Å². The molecule has 3 aliphatic heterocycles. The standard InChI is InChI=1S/C29H33N9O2/c30-17-21-16-20(3-8-27(21)36-14-10-24(39)11-15-36)26-9-12-31-28(34-26)33-22-4-6-23(7-5-22)38-19-32-29(35-38)37-13-1-2-25(40)18-37/h3-9,12,16,24-25,39-40H,1-2,10-11,13-15,18-19H2,(H,32,35)(H,31,33,34). The van der Waals surface area contributed by atoms with Crippen LogP contribution in [-0.4, -0.2) is 76.1 Å². The molecule has 0 aliphatic carbocycles. The van der Waals surface area contributed by atoms with Gasteiger partial charge in [0.1, 0.15) is 12.7 Å². The fraction of sp³-hybridized carbons (Fsp3) is 0.379. The van der Waals surface area contributed by atoms with Crippen molar-refractivity contribution >= 4 is 29.0 Å². The van der Waals surface area contributed by atoms with E-state index in [1.807, 2.05) is 53.5 Å². The second kappa shape index (κ2) is 11.4. The average Bonchev–Trinajstić information content (AvgIpc) is 3.48. The second-order valence-corrected chi connectivity index (χ2v) is 10.4. The van der Waals surface area contributed by atoms with Crippen LogP contribution in [-0.2, 0) is 0 Å². The number of β-amino-alcohol motifs (C(OH)–C–C–N with tert-alkyl or cyclic N) is 1. The molecule has 206 valence electrons. The molecule has 0 saturated carbocycles. The Hall–Kier alpha value is -4.40. The van der Waals surface area contributed by atoms with Gasteiger partial charge < -0.3 is 25.3 Å². The average molecular weight is 540 g/mol. The maximum absolute atomic E-state index is 9.97. The number of rotatable bonds is 5. The summed E-state index contributed by atoms with van der Waals surface area (Å²) in [6.07, 6.45) is 4.36. The van der Waals surface area contributed by atoms with Crippen molar-refractivity contribution in [2.75, 3.05) is 48.1 Å². The number of piperidine rings is 2. The first-order valence-electron chi connectivity index (χ1n) is 13.7. The highest BCUT2D eigenvalue weighted by atomic mass is 16.3. The number of anilines is 4. The number of nitrogens with one attached hydrogen (secondary N) is 2. The van der Waals surface area contributed by atoms with Crippen LogP contribution in [0.3, 0.4) is 0 Å². The lowest BCUT2D eigenvalue weighted by Crippen LogP contribution is -2.49. The van der Waals surface area contributed by atoms with Gasteiger partial charge in [0.25, 0.3) is 0 Å². The molecule has 0 radical (unpaired) electrons. The highest BCUT2D eigenvalue weighted by Crippen LogP contribution is 2.29. The summed E-state index contributed by atoms with van der Waals surface area (Å²) in [7, 11) is 0. The van der Waals surface area contributed by atoms with Gasteiger partial charge in [0.05, 0.1) is 34.8 Å². The van der Waals surface area contributed by atoms with Gasteiger partial charge in [-0.3, -0.25) is 10.4 Å². The van der Waals surface area contributed by atoms with Gasteiger partial charge in [-0.15, -0.1) is 0 Å². The predicted octanol–water partition coefficient (Wildman–Crippen LogP) is 2.81. The van der Waals surface area contributed by atoms with E-state index in [0.717, 1.165) is 66.8 Å². The van der Waals surface area contributed by atoms with Gasteiger partial charge in [0.2, 0.25) is 11.9 Å². The van der Waals surface area contributed by atoms with Crippen LogP contribution in [0.25, 0.3) is 11.3 Å². The van der Waals surface area contributed by atoms with E-state index in [0.29, 0.717) is 37.6 Å². The zero-order valence-electron chi connectivity index (χ0n) is 22.2. The minimum absolute atomic E-state index is 0.261. The summed E-state index contributed by atoms with van der Waals surface area (Å²) in [6.45, 7) is 3.47. The Kier molecular flexibility index (Phi) is 7.35. The largest absolute Gasteiger partial charge is 0.393 e. The molecule has 1 unspecified atom stereocenters. The number of aliphatic hydroxyl groups excluding tert-OH is 2. The van der Waals surface area contributed by atoms with Gasteiger partial charge in [-0.1, -0.05) is 6.07 Å². The number of nitriles is 1. The fourth-order valence-electron chi connectivity index (χ4n) is 5.39. The molecule has 1 atom stereocenters. The summed E-state index contributed by atoms with van der Waals surface area (Å²) in [5, 5.41) is 34.8. The molecule has 0 bridgehead atoms. The number of aromatic nitrogens is 2. The van der Waals surface area contributed by atoms with Gasteiger partial charge >= 0.3 is 0 Å². The monoisotopic (exact) mass is 539 g/mol. The van der Waals surface area contributed by atoms with E-state index in [9.17, 15) is 15.5 Å². The summed E-state index contributed by atoms with van der Waals surface area (Å²) < 4.78 is 0. The van der Waals surface area contributed by atoms with Crippen LogP contribution < -0.4 is 20.7 Å². The number of hydrazine groups is 1. The number of hydrogen-bond acceptors (Lipinski definition) is 11. The van der Waals surface area contributed by atoms with Gasteiger partial charge in [0, 0.05) is 43.6 Å². The van der Waals surface area contributed by atoms with Crippen LogP contribution in [0.5, 0.6) is 0 Å². The quantitative estimate of drug-likeness (QED) is 0.383. The van der Waals surface area contributed by atoms with Crippen LogP contribution in [0.4, 0.5) is 23.0 Å². The van der Waals surface area contributed by atoms with E-state index in [4.69, 9.17) is 0 Å². The van der Waals surface area contributed by atoms with E-state index < -0.39 is 0 Å². The van der Waals surface area contributed by atoms with Crippen molar-refractivity contribution in [1.82, 2.24) is 20.3 Å². The SMILES string of the molecule is N#Cc1cc(-c2ccnc(Nc3ccc(N4CN=C(N5CCCC(O)C5)N4)cc3)n2)ccc1N1CCC(O)CC1. The Labute approximate surface area is 233 Å². The third-order valence-corrected chi connectivity index (χ3v) is 7.60. The second-order valence-electron chi connectivity index (χ2n) is 10.4. The Morgan fingerprint density at radius 1 is 0.950 bits per heavy atom. The number of guanidine groups is 1. The van der Waals surface area contributed by atoms with Crippen molar-refractivity contribution in [3.8, 4) is 17.3 Å². The molecular formula is C29H33N9O2. The highest BCUT2D eigenvalue weighted by Gasteiger charge is 2.25. The van der Waals surface area contributed by atoms with Gasteiger partial charge in [0.15, 0.2) is 0 Å². The molecule has 2 aromatic carbocycles. The maximum atomic E-state index is 9.97. The molecule has 6 rings (SSSR count). The predicted molar refractivity (Wildman–Crippen MR) is 154 cm³/mol. The summed E-state index contributed by atoms with van der Waals surface area (Å²) in [5.74, 6) is 1.26. The van der Waals surface area contributed by atoms with Crippen LogP contribution >= 0.6 is 0 Å². The normalized spacial score (nSPS) is 19.7. The first-order valence-corrected chi connectivity index (χ1v) is 13.7. The highest BCUT2D eigenvalue weighted by molar-refractivity contribution is 5.84. The van der Waals surface area contributed by atoms with Crippen LogP contribution in [0.2, 0.25) is 0 Å². The number of aliphatic hydroxyl groups is 2. The zero-order valence-corrected chi connectivity index (χ0v) is 22.2. The van der Waals surface area contributed by atoms with Gasteiger partial charge in [-0.05, 0) is 68.1 Å². The molecule has 0 spiro atoms. The van der Waals surface area contributed by atoms with E-state index in [1.54, 1.807) is 6.20 Å². The van der Waals surface area contributed by atoms with Crippen molar-refractivity contribution < 1.29 is 10.2 Å². The van der Waals surface area contributed by atoms with E-state index >= 15 is 0 Å². The molecule has 2 fully saturated rings.